The molecule has 0 unspecified atom stereocenters. The molecule has 3 N–H and O–H groups in total. The summed E-state index contributed by atoms with van der Waals surface area (Å²) in [5, 5.41) is 10.6. The van der Waals surface area contributed by atoms with Crippen LogP contribution < -0.4 is 11.2 Å². The number of nitrogens with zero attached hydrogens (tertiary/aromatic N) is 3. The Balaban J connectivity index is 2.06. The Bertz CT molecular complexity index is 679. The van der Waals surface area contributed by atoms with Crippen LogP contribution in [-0.4, -0.2) is 46.3 Å². The summed E-state index contributed by atoms with van der Waals surface area (Å²) in [4.78, 5) is 11.9. The second-order valence-corrected chi connectivity index (χ2v) is 6.04. The van der Waals surface area contributed by atoms with Crippen molar-refractivity contribution in [1.82, 2.24) is 20.2 Å². The van der Waals surface area contributed by atoms with Crippen molar-refractivity contribution in [3.63, 3.8) is 0 Å². The predicted molar refractivity (Wildman–Crippen MR) is 85.8 cm³/mol. The Morgan fingerprint density at radius 1 is 1.52 bits per heavy atom. The molecule has 0 radical (unpaired) electrons. The fraction of sp³-hybridized carbons (Fsp3) is 0.357. The number of methoxy groups -OCH3 is 1. The first-order chi connectivity index (χ1) is 11.0. The van der Waals surface area contributed by atoms with E-state index in [0.29, 0.717) is 29.7 Å². The van der Waals surface area contributed by atoms with Gasteiger partial charge in [0.2, 0.25) is 11.1 Å². The van der Waals surface area contributed by atoms with Gasteiger partial charge in [-0.15, -0.1) is 10.2 Å². The van der Waals surface area contributed by atoms with Gasteiger partial charge in [-0.25, -0.2) is 9.07 Å². The highest BCUT2D eigenvalue weighted by Gasteiger charge is 2.19. The molecule has 1 amide bonds. The standard InChI is InChI=1S/C14H18FN5O2S/c1-9(13(21)17-6-7-22-2)23-14-19-18-12(20(14)16)10-4-3-5-11(15)8-10/h3-5,8-9H,6-7,16H2,1-2H3,(H,17,21)/t9-/m0/s1. The third-order valence-corrected chi connectivity index (χ3v) is 4.06. The minimum atomic E-state index is -0.404. The van der Waals surface area contributed by atoms with E-state index in [1.807, 2.05) is 0 Å². The van der Waals surface area contributed by atoms with Crippen molar-refractivity contribution in [2.75, 3.05) is 26.1 Å². The van der Waals surface area contributed by atoms with Crippen LogP contribution in [0, 0.1) is 5.82 Å². The molecule has 0 spiro atoms. The first-order valence-electron chi connectivity index (χ1n) is 6.92. The van der Waals surface area contributed by atoms with Gasteiger partial charge in [-0.05, 0) is 19.1 Å². The van der Waals surface area contributed by atoms with Crippen LogP contribution in [0.2, 0.25) is 0 Å². The zero-order chi connectivity index (χ0) is 16.8. The van der Waals surface area contributed by atoms with Gasteiger partial charge >= 0.3 is 0 Å². The van der Waals surface area contributed by atoms with Crippen LogP contribution >= 0.6 is 11.8 Å². The fourth-order valence-electron chi connectivity index (χ4n) is 1.81. The first-order valence-corrected chi connectivity index (χ1v) is 7.80. The van der Waals surface area contributed by atoms with E-state index in [-0.39, 0.29) is 11.7 Å². The Kier molecular flexibility index (Phi) is 5.94. The van der Waals surface area contributed by atoms with Gasteiger partial charge in [-0.1, -0.05) is 23.9 Å². The third-order valence-electron chi connectivity index (χ3n) is 3.00. The minimum absolute atomic E-state index is 0.151. The predicted octanol–water partition coefficient (Wildman–Crippen LogP) is 1.04. The summed E-state index contributed by atoms with van der Waals surface area (Å²) in [6.07, 6.45) is 0. The fourth-order valence-corrected chi connectivity index (χ4v) is 2.61. The van der Waals surface area contributed by atoms with E-state index >= 15 is 0 Å². The normalized spacial score (nSPS) is 12.1. The van der Waals surface area contributed by atoms with Crippen molar-refractivity contribution in [3.8, 4) is 11.4 Å². The van der Waals surface area contributed by atoms with Crippen LogP contribution in [0.25, 0.3) is 11.4 Å². The molecule has 0 fully saturated rings. The zero-order valence-electron chi connectivity index (χ0n) is 12.8. The van der Waals surface area contributed by atoms with Crippen LogP contribution in [0.4, 0.5) is 4.39 Å². The van der Waals surface area contributed by atoms with Gasteiger partial charge in [0.25, 0.3) is 0 Å². The van der Waals surface area contributed by atoms with Crippen LogP contribution in [0.5, 0.6) is 0 Å². The van der Waals surface area contributed by atoms with Gasteiger partial charge in [0.1, 0.15) is 5.82 Å². The first kappa shape index (κ1) is 17.2. The number of carbonyl (C=O) groups is 1. The Morgan fingerprint density at radius 2 is 2.30 bits per heavy atom. The lowest BCUT2D eigenvalue weighted by atomic mass is 10.2. The molecule has 0 saturated carbocycles. The van der Waals surface area contributed by atoms with E-state index in [0.717, 1.165) is 0 Å². The minimum Gasteiger partial charge on any atom is -0.383 e. The van der Waals surface area contributed by atoms with E-state index in [2.05, 4.69) is 15.5 Å². The maximum Gasteiger partial charge on any atom is 0.233 e. The quantitative estimate of drug-likeness (QED) is 0.445. The second-order valence-electron chi connectivity index (χ2n) is 4.73. The number of nitrogens with two attached hydrogens (primary N) is 1. The highest BCUT2D eigenvalue weighted by molar-refractivity contribution is 8.00. The highest BCUT2D eigenvalue weighted by atomic mass is 32.2. The summed E-state index contributed by atoms with van der Waals surface area (Å²) >= 11 is 1.17. The van der Waals surface area contributed by atoms with Crippen molar-refractivity contribution in [1.29, 1.82) is 0 Å². The van der Waals surface area contributed by atoms with Gasteiger partial charge < -0.3 is 15.9 Å². The summed E-state index contributed by atoms with van der Waals surface area (Å²) in [5.41, 5.74) is 0.518. The molecule has 1 aromatic carbocycles. The summed E-state index contributed by atoms with van der Waals surface area (Å²) in [6.45, 7) is 2.62. The maximum absolute atomic E-state index is 13.3. The van der Waals surface area contributed by atoms with Crippen LogP contribution in [0.1, 0.15) is 6.92 Å². The van der Waals surface area contributed by atoms with E-state index < -0.39 is 5.25 Å². The van der Waals surface area contributed by atoms with Crippen molar-refractivity contribution in [3.05, 3.63) is 30.1 Å². The smallest absolute Gasteiger partial charge is 0.233 e. The molecule has 0 saturated heterocycles. The molecule has 2 aromatic rings. The summed E-state index contributed by atoms with van der Waals surface area (Å²) in [5.74, 6) is 5.75. The number of amides is 1. The number of ether oxygens (including phenoxy) is 1. The molecule has 1 aromatic heterocycles. The maximum atomic E-state index is 13.3. The van der Waals surface area contributed by atoms with Crippen LogP contribution in [-0.2, 0) is 9.53 Å². The molecule has 2 rings (SSSR count). The SMILES string of the molecule is COCCNC(=O)[C@H](C)Sc1nnc(-c2cccc(F)c2)n1N. The number of benzene rings is 1. The van der Waals surface area contributed by atoms with Crippen LogP contribution in [0.15, 0.2) is 29.4 Å². The molecule has 124 valence electrons. The highest BCUT2D eigenvalue weighted by Crippen LogP contribution is 2.25. The topological polar surface area (TPSA) is 95.1 Å². The average Bonchev–Trinajstić information content (AvgIpc) is 2.88. The molecule has 0 bridgehead atoms. The summed E-state index contributed by atoms with van der Waals surface area (Å²) < 4.78 is 19.4. The van der Waals surface area contributed by atoms with E-state index in [1.54, 1.807) is 26.2 Å². The molecular formula is C14H18FN5O2S. The van der Waals surface area contributed by atoms with Crippen LogP contribution in [0.3, 0.4) is 0 Å². The number of aromatic nitrogens is 3. The third kappa shape index (κ3) is 4.42. The average molecular weight is 339 g/mol. The number of thioether (sulfide) groups is 1. The number of carbonyl (C=O) groups excluding carboxylic acids is 1. The lowest BCUT2D eigenvalue weighted by Crippen LogP contribution is -2.33. The van der Waals surface area contributed by atoms with Gasteiger partial charge in [-0.2, -0.15) is 0 Å². The van der Waals surface area contributed by atoms with Crippen molar-refractivity contribution < 1.29 is 13.9 Å². The number of nitrogens with one attached hydrogen (secondary N) is 1. The molecule has 0 aliphatic rings. The largest absolute Gasteiger partial charge is 0.383 e. The molecular weight excluding hydrogens is 321 g/mol. The molecule has 23 heavy (non-hydrogen) atoms. The Hall–Kier alpha value is -2.13. The molecule has 1 atom stereocenters. The van der Waals surface area contributed by atoms with Crippen molar-refractivity contribution in [2.24, 2.45) is 0 Å². The number of nitrogen functional groups attached to an aromatic ring is 1. The van der Waals surface area contributed by atoms with Gasteiger partial charge in [0.05, 0.1) is 11.9 Å². The number of hydrogen-bond donors (Lipinski definition) is 2. The molecule has 0 aliphatic carbocycles. The van der Waals surface area contributed by atoms with E-state index in [1.165, 1.54) is 28.6 Å². The van der Waals surface area contributed by atoms with Gasteiger partial charge in [0.15, 0.2) is 5.82 Å². The van der Waals surface area contributed by atoms with Gasteiger partial charge in [-0.3, -0.25) is 4.79 Å². The van der Waals surface area contributed by atoms with E-state index in [9.17, 15) is 9.18 Å². The lowest BCUT2D eigenvalue weighted by molar-refractivity contribution is -0.120. The lowest BCUT2D eigenvalue weighted by Gasteiger charge is -2.11. The Morgan fingerprint density at radius 3 is 3.00 bits per heavy atom. The second kappa shape index (κ2) is 7.93. The molecule has 9 heteroatoms. The van der Waals surface area contributed by atoms with E-state index in [4.69, 9.17) is 10.6 Å². The van der Waals surface area contributed by atoms with Crippen molar-refractivity contribution >= 4 is 17.7 Å². The number of halogens is 1. The van der Waals surface area contributed by atoms with Gasteiger partial charge in [0, 0.05) is 19.2 Å². The number of rotatable bonds is 7. The molecule has 0 aliphatic heterocycles. The zero-order valence-corrected chi connectivity index (χ0v) is 13.6. The summed E-state index contributed by atoms with van der Waals surface area (Å²) in [6, 6.07) is 5.91. The summed E-state index contributed by atoms with van der Waals surface area (Å²) in [7, 11) is 1.56. The molecule has 1 heterocycles. The Labute approximate surface area is 137 Å². The van der Waals surface area contributed by atoms with Crippen molar-refractivity contribution in [2.45, 2.75) is 17.3 Å². The number of hydrogen-bond acceptors (Lipinski definition) is 6. The monoisotopic (exact) mass is 339 g/mol. The molecule has 7 nitrogen and oxygen atoms in total.